The molecule has 0 aromatic heterocycles. The fourth-order valence-electron chi connectivity index (χ4n) is 2.28. The molecule has 1 aromatic carbocycles. The highest BCUT2D eigenvalue weighted by Crippen LogP contribution is 2.32. The molecule has 0 radical (unpaired) electrons. The van der Waals surface area contributed by atoms with Crippen molar-refractivity contribution in [3.63, 3.8) is 0 Å². The summed E-state index contributed by atoms with van der Waals surface area (Å²) >= 11 is 0. The maximum absolute atomic E-state index is 6.01. The molecule has 1 saturated carbocycles. The topological polar surface area (TPSA) is 82.9 Å². The molecule has 1 aliphatic rings. The van der Waals surface area contributed by atoms with E-state index in [2.05, 4.69) is 4.99 Å². The van der Waals surface area contributed by atoms with Gasteiger partial charge in [0.15, 0.2) is 17.5 Å². The van der Waals surface area contributed by atoms with Crippen molar-refractivity contribution in [3.05, 3.63) is 23.8 Å². The molecular weight excluding hydrogens is 369 g/mol. The average Bonchev–Trinajstić information content (AvgIpc) is 2.89. The molecule has 0 spiro atoms. The first-order valence-electron chi connectivity index (χ1n) is 6.58. The number of hydrogen-bond donors (Lipinski definition) is 2. The third-order valence-electron chi connectivity index (χ3n) is 3.27. The highest BCUT2D eigenvalue weighted by molar-refractivity contribution is 14.0. The molecule has 6 heteroatoms. The van der Waals surface area contributed by atoms with Gasteiger partial charge in [-0.1, -0.05) is 6.07 Å². The minimum Gasteiger partial charge on any atom is -0.493 e. The van der Waals surface area contributed by atoms with Gasteiger partial charge < -0.3 is 20.9 Å². The predicted octanol–water partition coefficient (Wildman–Crippen LogP) is 2.41. The fourth-order valence-corrected chi connectivity index (χ4v) is 2.28. The zero-order valence-electron chi connectivity index (χ0n) is 11.7. The Morgan fingerprint density at radius 2 is 1.95 bits per heavy atom. The van der Waals surface area contributed by atoms with Gasteiger partial charge in [0.1, 0.15) is 0 Å². The Bertz CT molecular complexity index is 456. The number of hydrogen-bond acceptors (Lipinski definition) is 3. The number of ether oxygens (including phenoxy) is 2. The molecule has 0 amide bonds. The van der Waals surface area contributed by atoms with Crippen molar-refractivity contribution in [1.29, 1.82) is 0 Å². The Balaban J connectivity index is 0.00000200. The van der Waals surface area contributed by atoms with Crippen molar-refractivity contribution in [1.82, 2.24) is 0 Å². The predicted molar refractivity (Wildman–Crippen MR) is 90.8 cm³/mol. The van der Waals surface area contributed by atoms with Gasteiger partial charge in [-0.3, -0.25) is 0 Å². The van der Waals surface area contributed by atoms with E-state index in [9.17, 15) is 0 Å². The first-order chi connectivity index (χ1) is 9.19. The molecule has 0 bridgehead atoms. The summed E-state index contributed by atoms with van der Waals surface area (Å²) in [6.45, 7) is 0.452. The Morgan fingerprint density at radius 3 is 2.55 bits per heavy atom. The minimum atomic E-state index is 0. The van der Waals surface area contributed by atoms with Gasteiger partial charge in [-0.15, -0.1) is 24.0 Å². The molecule has 4 N–H and O–H groups in total. The Morgan fingerprint density at radius 1 is 1.25 bits per heavy atom. The zero-order chi connectivity index (χ0) is 13.7. The molecular formula is C14H22IN3O2. The maximum atomic E-state index is 6.01. The van der Waals surface area contributed by atoms with E-state index in [1.165, 1.54) is 12.8 Å². The van der Waals surface area contributed by atoms with Crippen LogP contribution in [0, 0.1) is 0 Å². The number of rotatable bonds is 5. The summed E-state index contributed by atoms with van der Waals surface area (Å²) in [7, 11) is 1.65. The molecule has 0 heterocycles. The van der Waals surface area contributed by atoms with Gasteiger partial charge in [-0.05, 0) is 43.4 Å². The lowest BCUT2D eigenvalue weighted by molar-refractivity contribution is 0.200. The van der Waals surface area contributed by atoms with Crippen LogP contribution in [0.5, 0.6) is 11.5 Å². The van der Waals surface area contributed by atoms with Crippen molar-refractivity contribution in [3.8, 4) is 11.5 Å². The number of aliphatic imine (C=N–C) groups is 1. The quantitative estimate of drug-likeness (QED) is 0.459. The summed E-state index contributed by atoms with van der Waals surface area (Å²) in [5, 5.41) is 0. The van der Waals surface area contributed by atoms with Gasteiger partial charge in [0.2, 0.25) is 0 Å². The third kappa shape index (κ3) is 4.73. The van der Waals surface area contributed by atoms with E-state index in [0.717, 1.165) is 29.9 Å². The number of benzene rings is 1. The molecule has 1 aromatic rings. The van der Waals surface area contributed by atoms with Crippen LogP contribution in [0.1, 0.15) is 31.2 Å². The molecule has 1 aliphatic carbocycles. The standard InChI is InChI=1S/C14H21N3O2.HI/c1-18-12-7-6-10(9-17-14(15)16)8-13(12)19-11-4-2-3-5-11;/h6-8,11H,2-5,9H2,1H3,(H4,15,16,17);1H. The van der Waals surface area contributed by atoms with Crippen LogP contribution >= 0.6 is 24.0 Å². The molecule has 0 saturated heterocycles. The molecule has 0 unspecified atom stereocenters. The molecule has 0 aliphatic heterocycles. The van der Waals surface area contributed by atoms with Crippen LogP contribution < -0.4 is 20.9 Å². The lowest BCUT2D eigenvalue weighted by atomic mass is 10.2. The van der Waals surface area contributed by atoms with Gasteiger partial charge in [-0.25, -0.2) is 4.99 Å². The largest absolute Gasteiger partial charge is 0.493 e. The summed E-state index contributed by atoms with van der Waals surface area (Å²) in [5.74, 6) is 1.62. The maximum Gasteiger partial charge on any atom is 0.186 e. The van der Waals surface area contributed by atoms with Gasteiger partial charge in [-0.2, -0.15) is 0 Å². The summed E-state index contributed by atoms with van der Waals surface area (Å²) in [5.41, 5.74) is 11.7. The molecule has 0 atom stereocenters. The van der Waals surface area contributed by atoms with Crippen molar-refractivity contribution in [2.24, 2.45) is 16.5 Å². The third-order valence-corrected chi connectivity index (χ3v) is 3.27. The summed E-state index contributed by atoms with van der Waals surface area (Å²) in [4.78, 5) is 4.00. The van der Waals surface area contributed by atoms with Crippen LogP contribution in [0.3, 0.4) is 0 Å². The van der Waals surface area contributed by atoms with Crippen LogP contribution in [0.2, 0.25) is 0 Å². The summed E-state index contributed by atoms with van der Waals surface area (Å²) in [6.07, 6.45) is 5.00. The molecule has 112 valence electrons. The van der Waals surface area contributed by atoms with Gasteiger partial charge in [0.05, 0.1) is 19.8 Å². The number of halogens is 1. The Hall–Kier alpha value is -1.18. The number of guanidine groups is 1. The van der Waals surface area contributed by atoms with Crippen LogP contribution in [-0.2, 0) is 6.54 Å². The first kappa shape index (κ1) is 16.9. The van der Waals surface area contributed by atoms with E-state index in [0.29, 0.717) is 12.6 Å². The lowest BCUT2D eigenvalue weighted by Gasteiger charge is -2.16. The second-order valence-corrected chi connectivity index (χ2v) is 4.75. The summed E-state index contributed by atoms with van der Waals surface area (Å²) < 4.78 is 11.3. The van der Waals surface area contributed by atoms with E-state index in [1.807, 2.05) is 18.2 Å². The van der Waals surface area contributed by atoms with Gasteiger partial charge >= 0.3 is 0 Å². The zero-order valence-corrected chi connectivity index (χ0v) is 14.0. The fraction of sp³-hybridized carbons (Fsp3) is 0.500. The van der Waals surface area contributed by atoms with Gasteiger partial charge in [0.25, 0.3) is 0 Å². The minimum absolute atomic E-state index is 0. The van der Waals surface area contributed by atoms with E-state index in [1.54, 1.807) is 7.11 Å². The monoisotopic (exact) mass is 391 g/mol. The Kier molecular flexibility index (Phi) is 6.90. The lowest BCUT2D eigenvalue weighted by Crippen LogP contribution is -2.22. The van der Waals surface area contributed by atoms with Crippen LogP contribution in [0.25, 0.3) is 0 Å². The molecule has 20 heavy (non-hydrogen) atoms. The molecule has 5 nitrogen and oxygen atoms in total. The van der Waals surface area contributed by atoms with E-state index >= 15 is 0 Å². The highest BCUT2D eigenvalue weighted by atomic mass is 127. The number of methoxy groups -OCH3 is 1. The summed E-state index contributed by atoms with van der Waals surface area (Å²) in [6, 6.07) is 5.78. The van der Waals surface area contributed by atoms with Crippen LogP contribution in [-0.4, -0.2) is 19.2 Å². The average molecular weight is 391 g/mol. The van der Waals surface area contributed by atoms with Crippen molar-refractivity contribution < 1.29 is 9.47 Å². The second kappa shape index (κ2) is 8.18. The van der Waals surface area contributed by atoms with Crippen molar-refractivity contribution in [2.75, 3.05) is 7.11 Å². The number of nitrogens with zero attached hydrogens (tertiary/aromatic N) is 1. The molecule has 1 fully saturated rings. The second-order valence-electron chi connectivity index (χ2n) is 4.75. The first-order valence-corrected chi connectivity index (χ1v) is 6.58. The molecule has 2 rings (SSSR count). The van der Waals surface area contributed by atoms with Crippen LogP contribution in [0.4, 0.5) is 0 Å². The van der Waals surface area contributed by atoms with E-state index < -0.39 is 0 Å². The SMILES string of the molecule is COc1ccc(CN=C(N)N)cc1OC1CCCC1.I. The van der Waals surface area contributed by atoms with Gasteiger partial charge in [0, 0.05) is 0 Å². The van der Waals surface area contributed by atoms with Crippen LogP contribution in [0.15, 0.2) is 23.2 Å². The number of nitrogens with two attached hydrogens (primary N) is 2. The normalized spacial score (nSPS) is 14.4. The highest BCUT2D eigenvalue weighted by Gasteiger charge is 2.18. The van der Waals surface area contributed by atoms with E-state index in [4.69, 9.17) is 20.9 Å². The smallest absolute Gasteiger partial charge is 0.186 e. The Labute approximate surface area is 136 Å². The van der Waals surface area contributed by atoms with Crippen molar-refractivity contribution >= 4 is 29.9 Å². The van der Waals surface area contributed by atoms with E-state index in [-0.39, 0.29) is 29.9 Å². The van der Waals surface area contributed by atoms with Crippen molar-refractivity contribution in [2.45, 2.75) is 38.3 Å².